The van der Waals surface area contributed by atoms with Crippen LogP contribution in [0, 0.1) is 5.92 Å². The predicted molar refractivity (Wildman–Crippen MR) is 116 cm³/mol. The molecule has 2 fully saturated rings. The summed E-state index contributed by atoms with van der Waals surface area (Å²) in [6.45, 7) is 4.70. The SMILES string of the molecule is COc1ccc(N2C[C@H](C(=O)N3CCCN(Cc4ccccc4)CC3)CC2=O)cc1. The van der Waals surface area contributed by atoms with Gasteiger partial charge >= 0.3 is 0 Å². The van der Waals surface area contributed by atoms with Crippen LogP contribution in [0.1, 0.15) is 18.4 Å². The van der Waals surface area contributed by atoms with Crippen molar-refractivity contribution in [2.45, 2.75) is 19.4 Å². The topological polar surface area (TPSA) is 53.1 Å². The van der Waals surface area contributed by atoms with Crippen LogP contribution in [0.25, 0.3) is 0 Å². The van der Waals surface area contributed by atoms with Crippen molar-refractivity contribution in [3.05, 3.63) is 60.2 Å². The summed E-state index contributed by atoms with van der Waals surface area (Å²) in [7, 11) is 1.62. The predicted octanol–water partition coefficient (Wildman–Crippen LogP) is 2.78. The third kappa shape index (κ3) is 4.65. The van der Waals surface area contributed by atoms with Crippen LogP contribution in [0.3, 0.4) is 0 Å². The van der Waals surface area contributed by atoms with Crippen molar-refractivity contribution in [2.24, 2.45) is 5.92 Å². The Morgan fingerprint density at radius 2 is 1.77 bits per heavy atom. The van der Waals surface area contributed by atoms with Gasteiger partial charge in [-0.3, -0.25) is 14.5 Å². The van der Waals surface area contributed by atoms with Crippen LogP contribution in [0.15, 0.2) is 54.6 Å². The summed E-state index contributed by atoms with van der Waals surface area (Å²) < 4.78 is 5.19. The number of ether oxygens (including phenoxy) is 1. The molecule has 0 radical (unpaired) electrons. The number of carbonyl (C=O) groups excluding carboxylic acids is 2. The Morgan fingerprint density at radius 1 is 1.00 bits per heavy atom. The zero-order valence-electron chi connectivity index (χ0n) is 17.5. The minimum Gasteiger partial charge on any atom is -0.497 e. The molecule has 2 aliphatic rings. The van der Waals surface area contributed by atoms with Gasteiger partial charge in [0.2, 0.25) is 11.8 Å². The summed E-state index contributed by atoms with van der Waals surface area (Å²) in [5.41, 5.74) is 2.12. The number of nitrogens with zero attached hydrogens (tertiary/aromatic N) is 3. The van der Waals surface area contributed by atoms with Crippen molar-refractivity contribution in [1.82, 2.24) is 9.80 Å². The molecule has 158 valence electrons. The molecule has 30 heavy (non-hydrogen) atoms. The summed E-state index contributed by atoms with van der Waals surface area (Å²) in [5, 5.41) is 0. The molecule has 6 heteroatoms. The van der Waals surface area contributed by atoms with Gasteiger partial charge in [0.25, 0.3) is 0 Å². The lowest BCUT2D eigenvalue weighted by Crippen LogP contribution is -2.39. The van der Waals surface area contributed by atoms with E-state index in [0.29, 0.717) is 6.54 Å². The van der Waals surface area contributed by atoms with E-state index in [0.717, 1.165) is 50.6 Å². The molecule has 0 N–H and O–H groups in total. The first-order valence-corrected chi connectivity index (χ1v) is 10.6. The van der Waals surface area contributed by atoms with Crippen LogP contribution in [0.5, 0.6) is 5.75 Å². The van der Waals surface area contributed by atoms with Crippen LogP contribution >= 0.6 is 0 Å². The standard InChI is InChI=1S/C24H29N3O3/c1-30-22-10-8-21(9-11-22)27-18-20(16-23(27)28)24(29)26-13-5-12-25(14-15-26)17-19-6-3-2-4-7-19/h2-4,6-11,20H,5,12-18H2,1H3/t20-/m1/s1. The van der Waals surface area contributed by atoms with Gasteiger partial charge in [0, 0.05) is 51.4 Å². The lowest BCUT2D eigenvalue weighted by atomic mass is 10.1. The third-order valence-electron chi connectivity index (χ3n) is 6.01. The van der Waals surface area contributed by atoms with Crippen LogP contribution in [-0.2, 0) is 16.1 Å². The van der Waals surface area contributed by atoms with Gasteiger partial charge in [0.15, 0.2) is 0 Å². The number of anilines is 1. The number of carbonyl (C=O) groups is 2. The van der Waals surface area contributed by atoms with E-state index in [4.69, 9.17) is 4.74 Å². The van der Waals surface area contributed by atoms with Gasteiger partial charge in [-0.05, 0) is 36.2 Å². The van der Waals surface area contributed by atoms with Gasteiger partial charge in [0.1, 0.15) is 5.75 Å². The zero-order chi connectivity index (χ0) is 20.9. The fraction of sp³-hybridized carbons (Fsp3) is 0.417. The first kappa shape index (κ1) is 20.4. The number of rotatable bonds is 5. The van der Waals surface area contributed by atoms with E-state index >= 15 is 0 Å². The molecule has 4 rings (SSSR count). The Hall–Kier alpha value is -2.86. The molecule has 2 heterocycles. The second-order valence-electron chi connectivity index (χ2n) is 8.04. The Balaban J connectivity index is 1.34. The summed E-state index contributed by atoms with van der Waals surface area (Å²) >= 11 is 0. The van der Waals surface area contributed by atoms with E-state index in [1.807, 2.05) is 35.2 Å². The van der Waals surface area contributed by atoms with Crippen LogP contribution in [-0.4, -0.2) is 61.4 Å². The van der Waals surface area contributed by atoms with Gasteiger partial charge in [-0.2, -0.15) is 0 Å². The highest BCUT2D eigenvalue weighted by molar-refractivity contribution is 6.00. The molecular weight excluding hydrogens is 378 g/mol. The highest BCUT2D eigenvalue weighted by atomic mass is 16.5. The minimum atomic E-state index is -0.264. The molecule has 2 saturated heterocycles. The molecule has 2 aromatic rings. The highest BCUT2D eigenvalue weighted by Crippen LogP contribution is 2.28. The first-order valence-electron chi connectivity index (χ1n) is 10.6. The normalized spacial score (nSPS) is 20.3. The fourth-order valence-electron chi connectivity index (χ4n) is 4.33. The summed E-state index contributed by atoms with van der Waals surface area (Å²) in [6, 6.07) is 17.9. The molecule has 0 aliphatic carbocycles. The minimum absolute atomic E-state index is 0.0130. The maximum Gasteiger partial charge on any atom is 0.228 e. The van der Waals surface area contributed by atoms with Crippen molar-refractivity contribution in [3.8, 4) is 5.75 Å². The highest BCUT2D eigenvalue weighted by Gasteiger charge is 2.37. The lowest BCUT2D eigenvalue weighted by Gasteiger charge is -2.24. The zero-order valence-corrected chi connectivity index (χ0v) is 17.5. The maximum atomic E-state index is 13.1. The summed E-state index contributed by atoms with van der Waals surface area (Å²) in [4.78, 5) is 31.8. The molecule has 2 amide bonds. The molecule has 1 atom stereocenters. The Kier molecular flexibility index (Phi) is 6.33. The Morgan fingerprint density at radius 3 is 2.50 bits per heavy atom. The van der Waals surface area contributed by atoms with Gasteiger partial charge in [-0.25, -0.2) is 0 Å². The van der Waals surface area contributed by atoms with Crippen molar-refractivity contribution < 1.29 is 14.3 Å². The van der Waals surface area contributed by atoms with Gasteiger partial charge < -0.3 is 14.5 Å². The molecule has 6 nitrogen and oxygen atoms in total. The van der Waals surface area contributed by atoms with E-state index in [-0.39, 0.29) is 24.2 Å². The average molecular weight is 408 g/mol. The number of amides is 2. The average Bonchev–Trinajstić information content (AvgIpc) is 3.02. The molecular formula is C24H29N3O3. The van der Waals surface area contributed by atoms with Crippen LogP contribution in [0.4, 0.5) is 5.69 Å². The molecule has 2 aromatic carbocycles. The Labute approximate surface area is 178 Å². The van der Waals surface area contributed by atoms with E-state index in [1.54, 1.807) is 12.0 Å². The fourth-order valence-corrected chi connectivity index (χ4v) is 4.33. The van der Waals surface area contributed by atoms with Gasteiger partial charge in [-0.1, -0.05) is 30.3 Å². The third-order valence-corrected chi connectivity index (χ3v) is 6.01. The van der Waals surface area contributed by atoms with Crippen molar-refractivity contribution in [1.29, 1.82) is 0 Å². The first-order chi connectivity index (χ1) is 14.6. The summed E-state index contributed by atoms with van der Waals surface area (Å²) in [6.07, 6.45) is 1.25. The van der Waals surface area contributed by atoms with E-state index < -0.39 is 0 Å². The maximum absolute atomic E-state index is 13.1. The molecule has 0 saturated carbocycles. The molecule has 0 aromatic heterocycles. The van der Waals surface area contributed by atoms with Crippen LogP contribution in [0.2, 0.25) is 0 Å². The Bertz CT molecular complexity index is 869. The van der Waals surface area contributed by atoms with Crippen LogP contribution < -0.4 is 9.64 Å². The largest absolute Gasteiger partial charge is 0.497 e. The number of methoxy groups -OCH3 is 1. The number of hydrogen-bond acceptors (Lipinski definition) is 4. The number of hydrogen-bond donors (Lipinski definition) is 0. The monoisotopic (exact) mass is 407 g/mol. The molecule has 0 spiro atoms. The van der Waals surface area contributed by atoms with E-state index in [2.05, 4.69) is 29.2 Å². The second kappa shape index (κ2) is 9.30. The smallest absolute Gasteiger partial charge is 0.228 e. The van der Waals surface area contributed by atoms with E-state index in [9.17, 15) is 9.59 Å². The lowest BCUT2D eigenvalue weighted by molar-refractivity contribution is -0.135. The molecule has 2 aliphatic heterocycles. The van der Waals surface area contributed by atoms with Crippen molar-refractivity contribution >= 4 is 17.5 Å². The summed E-state index contributed by atoms with van der Waals surface area (Å²) in [5.74, 6) is 0.614. The molecule has 0 unspecified atom stereocenters. The second-order valence-corrected chi connectivity index (χ2v) is 8.04. The quantitative estimate of drug-likeness (QED) is 0.765. The van der Waals surface area contributed by atoms with Crippen molar-refractivity contribution in [2.75, 3.05) is 44.7 Å². The van der Waals surface area contributed by atoms with E-state index in [1.165, 1.54) is 5.56 Å². The molecule has 0 bridgehead atoms. The van der Waals surface area contributed by atoms with Gasteiger partial charge in [0.05, 0.1) is 13.0 Å². The number of benzene rings is 2. The van der Waals surface area contributed by atoms with Crippen molar-refractivity contribution in [3.63, 3.8) is 0 Å². The van der Waals surface area contributed by atoms with Gasteiger partial charge in [-0.15, -0.1) is 0 Å².